The molecular formula is C35H44N2O6. The summed E-state index contributed by atoms with van der Waals surface area (Å²) in [6.07, 6.45) is 3.71. The second kappa shape index (κ2) is 16.9. The Kier molecular flexibility index (Phi) is 12.7. The molecule has 3 aromatic rings. The van der Waals surface area contributed by atoms with E-state index in [0.717, 1.165) is 61.0 Å². The van der Waals surface area contributed by atoms with E-state index in [1.807, 2.05) is 54.6 Å². The first-order valence-electron chi connectivity index (χ1n) is 15.2. The molecule has 1 amide bonds. The number of benzene rings is 3. The molecule has 0 bridgehead atoms. The van der Waals surface area contributed by atoms with Crippen molar-refractivity contribution in [3.8, 4) is 0 Å². The van der Waals surface area contributed by atoms with Gasteiger partial charge in [0.2, 0.25) is 5.91 Å². The molecule has 1 fully saturated rings. The zero-order chi connectivity index (χ0) is 30.4. The smallest absolute Gasteiger partial charge is 0.303 e. The minimum Gasteiger partial charge on any atom is -0.481 e. The topological polar surface area (TPSA) is 108 Å². The molecule has 0 aliphatic carbocycles. The van der Waals surface area contributed by atoms with Gasteiger partial charge in [0.25, 0.3) is 0 Å². The van der Waals surface area contributed by atoms with Gasteiger partial charge in [0.15, 0.2) is 6.29 Å². The van der Waals surface area contributed by atoms with E-state index in [2.05, 4.69) is 41.5 Å². The van der Waals surface area contributed by atoms with E-state index in [0.29, 0.717) is 19.4 Å². The summed E-state index contributed by atoms with van der Waals surface area (Å²) in [5, 5.41) is 21.1. The van der Waals surface area contributed by atoms with Gasteiger partial charge in [-0.2, -0.15) is 0 Å². The van der Waals surface area contributed by atoms with Gasteiger partial charge in [-0.05, 0) is 42.1 Å². The van der Waals surface area contributed by atoms with Crippen molar-refractivity contribution in [2.45, 2.75) is 83.1 Å². The molecule has 0 unspecified atom stereocenters. The van der Waals surface area contributed by atoms with E-state index in [9.17, 15) is 14.7 Å². The van der Waals surface area contributed by atoms with Crippen LogP contribution in [0.5, 0.6) is 0 Å². The molecule has 0 radical (unpaired) electrons. The quantitative estimate of drug-likeness (QED) is 0.179. The summed E-state index contributed by atoms with van der Waals surface area (Å²) in [5.41, 5.74) is 5.09. The van der Waals surface area contributed by atoms with Crippen molar-refractivity contribution in [3.05, 3.63) is 107 Å². The average molecular weight is 589 g/mol. The van der Waals surface area contributed by atoms with Gasteiger partial charge in [0.1, 0.15) is 0 Å². The molecular weight excluding hydrogens is 544 g/mol. The minimum absolute atomic E-state index is 0.00113. The number of ether oxygens (including phenoxy) is 2. The third kappa shape index (κ3) is 10.9. The van der Waals surface area contributed by atoms with Crippen molar-refractivity contribution in [1.29, 1.82) is 0 Å². The molecule has 3 aromatic carbocycles. The van der Waals surface area contributed by atoms with Crippen molar-refractivity contribution in [2.75, 3.05) is 13.6 Å². The number of unbranched alkanes of at least 4 members (excludes halogenated alkanes) is 3. The number of carbonyl (C=O) groups excluding carboxylic acids is 1. The maximum absolute atomic E-state index is 12.3. The number of likely N-dealkylation sites (N-methyl/N-ethyl adjacent to an activating group) is 1. The number of carboxylic acids is 1. The molecule has 1 heterocycles. The Morgan fingerprint density at radius 3 is 2.14 bits per heavy atom. The van der Waals surface area contributed by atoms with Gasteiger partial charge in [-0.25, -0.2) is 0 Å². The monoisotopic (exact) mass is 588 g/mol. The molecule has 0 aromatic heterocycles. The normalized spacial score (nSPS) is 18.4. The summed E-state index contributed by atoms with van der Waals surface area (Å²) < 4.78 is 13.0. The Hall–Kier alpha value is -3.56. The van der Waals surface area contributed by atoms with Crippen LogP contribution >= 0.6 is 0 Å². The summed E-state index contributed by atoms with van der Waals surface area (Å²) in [6.45, 7) is 2.03. The van der Waals surface area contributed by atoms with Crippen LogP contribution < -0.4 is 5.32 Å². The molecule has 1 aliphatic rings. The number of nitrogens with one attached hydrogen (secondary N) is 1. The number of rotatable bonds is 16. The molecule has 3 atom stereocenters. The predicted molar refractivity (Wildman–Crippen MR) is 165 cm³/mol. The summed E-state index contributed by atoms with van der Waals surface area (Å²) in [4.78, 5) is 25.1. The maximum Gasteiger partial charge on any atom is 0.303 e. The molecule has 4 rings (SSSR count). The minimum atomic E-state index is -0.773. The van der Waals surface area contributed by atoms with E-state index in [1.165, 1.54) is 5.56 Å². The van der Waals surface area contributed by atoms with Crippen LogP contribution in [-0.2, 0) is 38.8 Å². The van der Waals surface area contributed by atoms with Crippen molar-refractivity contribution in [1.82, 2.24) is 10.2 Å². The van der Waals surface area contributed by atoms with Crippen LogP contribution in [0.4, 0.5) is 0 Å². The zero-order valence-electron chi connectivity index (χ0n) is 25.0. The van der Waals surface area contributed by atoms with Crippen molar-refractivity contribution in [3.63, 3.8) is 0 Å². The number of hydrogen-bond donors (Lipinski definition) is 3. The Morgan fingerprint density at radius 2 is 1.47 bits per heavy atom. The van der Waals surface area contributed by atoms with Crippen LogP contribution in [-0.4, -0.2) is 46.7 Å². The van der Waals surface area contributed by atoms with Gasteiger partial charge in [0, 0.05) is 44.5 Å². The molecule has 43 heavy (non-hydrogen) atoms. The van der Waals surface area contributed by atoms with Crippen LogP contribution in [0.3, 0.4) is 0 Å². The summed E-state index contributed by atoms with van der Waals surface area (Å²) >= 11 is 0. The number of hydrogen-bond acceptors (Lipinski definition) is 6. The molecule has 8 heteroatoms. The number of nitrogens with zero attached hydrogens (tertiary/aromatic N) is 1. The Morgan fingerprint density at radius 1 is 0.814 bits per heavy atom. The van der Waals surface area contributed by atoms with Crippen LogP contribution in [0.25, 0.3) is 0 Å². The molecule has 1 saturated heterocycles. The van der Waals surface area contributed by atoms with Crippen LogP contribution in [0.2, 0.25) is 0 Å². The van der Waals surface area contributed by atoms with Gasteiger partial charge < -0.3 is 25.0 Å². The third-order valence-corrected chi connectivity index (χ3v) is 7.71. The molecule has 8 nitrogen and oxygen atoms in total. The van der Waals surface area contributed by atoms with Gasteiger partial charge in [-0.1, -0.05) is 91.7 Å². The van der Waals surface area contributed by atoms with Gasteiger partial charge in [-0.15, -0.1) is 0 Å². The van der Waals surface area contributed by atoms with Crippen molar-refractivity contribution in [2.24, 2.45) is 0 Å². The number of carbonyl (C=O) groups is 2. The molecule has 230 valence electrons. The highest BCUT2D eigenvalue weighted by Gasteiger charge is 2.32. The number of carboxylic acid groups (broad SMARTS) is 1. The Bertz CT molecular complexity index is 1270. The van der Waals surface area contributed by atoms with Crippen LogP contribution in [0.15, 0.2) is 78.9 Å². The first-order valence-corrected chi connectivity index (χ1v) is 15.2. The Labute approximate surface area is 254 Å². The van der Waals surface area contributed by atoms with E-state index >= 15 is 0 Å². The highest BCUT2D eigenvalue weighted by Crippen LogP contribution is 2.38. The van der Waals surface area contributed by atoms with E-state index in [4.69, 9.17) is 14.6 Å². The number of amides is 1. The molecule has 3 N–H and O–H groups in total. The fourth-order valence-corrected chi connectivity index (χ4v) is 5.34. The first-order chi connectivity index (χ1) is 20.9. The largest absolute Gasteiger partial charge is 0.481 e. The second-order valence-electron chi connectivity index (χ2n) is 11.4. The predicted octanol–water partition coefficient (Wildman–Crippen LogP) is 5.90. The standard InChI is InChI=1S/C35H44N2O6/c1-37(23-27-9-5-4-6-10-27)24-31-21-32(29-17-15-28(25-38)16-18-29)43-35(42-31)30-19-13-26(14-20-30)22-36-33(39)11-7-2-3-8-12-34(40)41/h4-6,9-10,13-20,31-32,35,38H,2-3,7-8,11-12,21-25H2,1H3,(H,36,39)(H,40,41)/t31-,32+,35+/m1/s1. The van der Waals surface area contributed by atoms with Crippen LogP contribution in [0.1, 0.15) is 85.2 Å². The van der Waals surface area contributed by atoms with E-state index in [1.54, 1.807) is 0 Å². The Balaban J connectivity index is 1.33. The lowest BCUT2D eigenvalue weighted by atomic mass is 9.99. The maximum atomic E-state index is 12.3. The lowest BCUT2D eigenvalue weighted by molar-refractivity contribution is -0.252. The summed E-state index contributed by atoms with van der Waals surface area (Å²) in [6, 6.07) is 26.3. The average Bonchev–Trinajstić information content (AvgIpc) is 3.02. The van der Waals surface area contributed by atoms with Gasteiger partial charge in [0.05, 0.1) is 18.8 Å². The van der Waals surface area contributed by atoms with Gasteiger partial charge in [-0.3, -0.25) is 14.5 Å². The highest BCUT2D eigenvalue weighted by atomic mass is 16.7. The highest BCUT2D eigenvalue weighted by molar-refractivity contribution is 5.75. The summed E-state index contributed by atoms with van der Waals surface area (Å²) in [7, 11) is 2.11. The van der Waals surface area contributed by atoms with Crippen molar-refractivity contribution < 1.29 is 29.3 Å². The number of aliphatic hydroxyl groups excluding tert-OH is 1. The second-order valence-corrected chi connectivity index (χ2v) is 11.4. The van der Waals surface area contributed by atoms with E-state index < -0.39 is 12.3 Å². The zero-order valence-corrected chi connectivity index (χ0v) is 25.0. The lowest BCUT2D eigenvalue weighted by Crippen LogP contribution is -2.37. The number of aliphatic hydroxyl groups is 1. The third-order valence-electron chi connectivity index (χ3n) is 7.71. The SMILES string of the molecule is CN(Cc1ccccc1)C[C@H]1C[C@@H](c2ccc(CO)cc2)O[C@@H](c2ccc(CNC(=O)CCCCCCC(=O)O)cc2)O1. The summed E-state index contributed by atoms with van der Waals surface area (Å²) in [5.74, 6) is -0.774. The van der Waals surface area contributed by atoms with Gasteiger partial charge >= 0.3 is 5.97 Å². The number of aliphatic carboxylic acids is 1. The molecule has 1 aliphatic heterocycles. The fraction of sp³-hybridized carbons (Fsp3) is 0.429. The van der Waals surface area contributed by atoms with Crippen molar-refractivity contribution >= 4 is 11.9 Å². The first kappa shape index (κ1) is 32.4. The lowest BCUT2D eigenvalue weighted by Gasteiger charge is -2.38. The fourth-order valence-electron chi connectivity index (χ4n) is 5.34. The molecule has 0 spiro atoms. The van der Waals surface area contributed by atoms with Crippen LogP contribution in [0, 0.1) is 0 Å². The molecule has 0 saturated carbocycles. The van der Waals surface area contributed by atoms with E-state index in [-0.39, 0.29) is 31.1 Å².